The Morgan fingerprint density at radius 3 is 2.07 bits per heavy atom. The van der Waals surface area contributed by atoms with Gasteiger partial charge in [0.2, 0.25) is 17.7 Å². The summed E-state index contributed by atoms with van der Waals surface area (Å²) in [4.78, 5) is 53.3. The van der Waals surface area contributed by atoms with Crippen molar-refractivity contribution in [2.24, 2.45) is 5.92 Å². The van der Waals surface area contributed by atoms with E-state index in [1.165, 1.54) is 5.56 Å². The SMILES string of the molecule is CC(C)c1ccc(NC(=O)[C@H](C)NC(=O)C2CCN(C(=O)[C@H](Cc3ccccc3)NC(=O)OC(C)(C)C)CC2)cc1. The van der Waals surface area contributed by atoms with Gasteiger partial charge < -0.3 is 25.6 Å². The van der Waals surface area contributed by atoms with Crippen LogP contribution in [0.2, 0.25) is 0 Å². The van der Waals surface area contributed by atoms with Crippen LogP contribution in [0.4, 0.5) is 10.5 Å². The van der Waals surface area contributed by atoms with Crippen LogP contribution < -0.4 is 16.0 Å². The molecular formula is C32H44N4O5. The lowest BCUT2D eigenvalue weighted by atomic mass is 9.94. The van der Waals surface area contributed by atoms with Gasteiger partial charge in [-0.05, 0) is 69.7 Å². The van der Waals surface area contributed by atoms with Crippen LogP contribution in [-0.4, -0.2) is 59.5 Å². The maximum Gasteiger partial charge on any atom is 0.408 e. The third-order valence-electron chi connectivity index (χ3n) is 7.05. The van der Waals surface area contributed by atoms with Crippen LogP contribution in [-0.2, 0) is 25.5 Å². The van der Waals surface area contributed by atoms with E-state index in [1.54, 1.807) is 32.6 Å². The van der Waals surface area contributed by atoms with Crippen LogP contribution in [0.25, 0.3) is 0 Å². The summed E-state index contributed by atoms with van der Waals surface area (Å²) in [6.45, 7) is 11.9. The number of carbonyl (C=O) groups is 4. The summed E-state index contributed by atoms with van der Waals surface area (Å²) in [7, 11) is 0. The van der Waals surface area contributed by atoms with Gasteiger partial charge in [-0.15, -0.1) is 0 Å². The van der Waals surface area contributed by atoms with E-state index in [1.807, 2.05) is 54.6 Å². The molecule has 4 amide bonds. The number of hydrogen-bond donors (Lipinski definition) is 3. The standard InChI is InChI=1S/C32H44N4O5/c1-21(2)24-12-14-26(15-13-24)34-28(37)22(3)33-29(38)25-16-18-36(19-17-25)30(39)27(20-23-10-8-7-9-11-23)35-31(40)41-32(4,5)6/h7-15,21-22,25,27H,16-20H2,1-6H3,(H,33,38)(H,34,37)(H,35,40)/t22-,27-/m0/s1. The Hall–Kier alpha value is -3.88. The summed E-state index contributed by atoms with van der Waals surface area (Å²) in [6.07, 6.45) is 0.607. The number of amides is 4. The fourth-order valence-corrected chi connectivity index (χ4v) is 4.68. The summed E-state index contributed by atoms with van der Waals surface area (Å²) in [6, 6.07) is 15.7. The molecule has 0 spiro atoms. The van der Waals surface area contributed by atoms with Crippen molar-refractivity contribution in [1.29, 1.82) is 0 Å². The largest absolute Gasteiger partial charge is 0.444 e. The predicted octanol–water partition coefficient (Wildman–Crippen LogP) is 4.63. The lowest BCUT2D eigenvalue weighted by Crippen LogP contribution is -2.53. The first-order valence-corrected chi connectivity index (χ1v) is 14.4. The summed E-state index contributed by atoms with van der Waals surface area (Å²) in [5, 5.41) is 8.41. The van der Waals surface area contributed by atoms with Gasteiger partial charge in [0.1, 0.15) is 17.7 Å². The highest BCUT2D eigenvalue weighted by Gasteiger charge is 2.33. The maximum atomic E-state index is 13.5. The van der Waals surface area contributed by atoms with E-state index >= 15 is 0 Å². The number of rotatable bonds is 9. The molecule has 9 heteroatoms. The third-order valence-corrected chi connectivity index (χ3v) is 7.05. The van der Waals surface area contributed by atoms with Gasteiger partial charge in [0.25, 0.3) is 0 Å². The molecule has 2 atom stereocenters. The highest BCUT2D eigenvalue weighted by molar-refractivity contribution is 5.97. The van der Waals surface area contributed by atoms with E-state index < -0.39 is 23.8 Å². The third kappa shape index (κ3) is 9.92. The minimum absolute atomic E-state index is 0.206. The van der Waals surface area contributed by atoms with E-state index in [4.69, 9.17) is 4.74 Å². The van der Waals surface area contributed by atoms with Crippen molar-refractivity contribution >= 4 is 29.5 Å². The van der Waals surface area contributed by atoms with Gasteiger partial charge in [-0.2, -0.15) is 0 Å². The van der Waals surface area contributed by atoms with Crippen LogP contribution in [0.1, 0.15) is 71.4 Å². The Morgan fingerprint density at radius 1 is 0.902 bits per heavy atom. The van der Waals surface area contributed by atoms with Gasteiger partial charge in [-0.1, -0.05) is 56.3 Å². The van der Waals surface area contributed by atoms with Crippen molar-refractivity contribution in [2.45, 2.75) is 84.4 Å². The number of nitrogens with one attached hydrogen (secondary N) is 3. The summed E-state index contributed by atoms with van der Waals surface area (Å²) >= 11 is 0. The molecule has 1 aliphatic heterocycles. The second-order valence-corrected chi connectivity index (χ2v) is 12.0. The number of likely N-dealkylation sites (tertiary alicyclic amines) is 1. The summed E-state index contributed by atoms with van der Waals surface area (Å²) in [5.41, 5.74) is 2.08. The topological polar surface area (TPSA) is 117 Å². The van der Waals surface area contributed by atoms with E-state index in [0.29, 0.717) is 44.0 Å². The average molecular weight is 565 g/mol. The van der Waals surface area contributed by atoms with Crippen LogP contribution in [0.5, 0.6) is 0 Å². The van der Waals surface area contributed by atoms with Gasteiger partial charge in [0.05, 0.1) is 0 Å². The Balaban J connectivity index is 1.53. The van der Waals surface area contributed by atoms with Gasteiger partial charge in [-0.3, -0.25) is 14.4 Å². The number of benzene rings is 2. The molecule has 3 N–H and O–H groups in total. The molecule has 0 aromatic heterocycles. The molecule has 1 aliphatic rings. The van der Waals surface area contributed by atoms with Gasteiger partial charge >= 0.3 is 6.09 Å². The van der Waals surface area contributed by atoms with Crippen molar-refractivity contribution in [2.75, 3.05) is 18.4 Å². The molecule has 3 rings (SSSR count). The number of ether oxygens (including phenoxy) is 1. The lowest BCUT2D eigenvalue weighted by Gasteiger charge is -2.34. The first kappa shape index (κ1) is 31.6. The molecule has 0 radical (unpaired) electrons. The smallest absolute Gasteiger partial charge is 0.408 e. The first-order valence-electron chi connectivity index (χ1n) is 14.4. The summed E-state index contributed by atoms with van der Waals surface area (Å²) < 4.78 is 5.39. The molecule has 0 aliphatic carbocycles. The monoisotopic (exact) mass is 564 g/mol. The average Bonchev–Trinajstić information content (AvgIpc) is 2.92. The van der Waals surface area contributed by atoms with Crippen molar-refractivity contribution in [3.63, 3.8) is 0 Å². The molecule has 1 heterocycles. The number of nitrogens with zero attached hydrogens (tertiary/aromatic N) is 1. The molecule has 0 unspecified atom stereocenters. The molecule has 0 bridgehead atoms. The van der Waals surface area contributed by atoms with E-state index in [-0.39, 0.29) is 23.6 Å². The van der Waals surface area contributed by atoms with Gasteiger partial charge in [0, 0.05) is 31.1 Å². The number of piperidine rings is 1. The van der Waals surface area contributed by atoms with Crippen LogP contribution >= 0.6 is 0 Å². The van der Waals surface area contributed by atoms with Crippen LogP contribution in [0, 0.1) is 5.92 Å². The van der Waals surface area contributed by atoms with E-state index in [9.17, 15) is 19.2 Å². The molecule has 1 fully saturated rings. The highest BCUT2D eigenvalue weighted by atomic mass is 16.6. The minimum Gasteiger partial charge on any atom is -0.444 e. The second-order valence-electron chi connectivity index (χ2n) is 12.0. The Kier molecular flexibility index (Phi) is 10.9. The Morgan fingerprint density at radius 2 is 1.51 bits per heavy atom. The molecule has 2 aromatic carbocycles. The Bertz CT molecular complexity index is 1180. The van der Waals surface area contributed by atoms with Crippen molar-refractivity contribution in [1.82, 2.24) is 15.5 Å². The Labute approximate surface area is 243 Å². The molecule has 41 heavy (non-hydrogen) atoms. The molecule has 1 saturated heterocycles. The van der Waals surface area contributed by atoms with Crippen LogP contribution in [0.15, 0.2) is 54.6 Å². The number of hydrogen-bond acceptors (Lipinski definition) is 5. The highest BCUT2D eigenvalue weighted by Crippen LogP contribution is 2.20. The zero-order valence-electron chi connectivity index (χ0n) is 25.0. The number of alkyl carbamates (subject to hydrolysis) is 1. The zero-order chi connectivity index (χ0) is 30.2. The lowest BCUT2D eigenvalue weighted by molar-refractivity contribution is -0.137. The first-order chi connectivity index (χ1) is 19.3. The van der Waals surface area contributed by atoms with Crippen molar-refractivity contribution in [3.05, 3.63) is 65.7 Å². The normalized spacial score (nSPS) is 15.5. The zero-order valence-corrected chi connectivity index (χ0v) is 25.0. The predicted molar refractivity (Wildman–Crippen MR) is 159 cm³/mol. The summed E-state index contributed by atoms with van der Waals surface area (Å²) in [5.74, 6) is -0.626. The fourth-order valence-electron chi connectivity index (χ4n) is 4.68. The molecule has 222 valence electrons. The maximum absolute atomic E-state index is 13.5. The number of anilines is 1. The van der Waals surface area contributed by atoms with Gasteiger partial charge in [-0.25, -0.2) is 4.79 Å². The molecule has 2 aromatic rings. The fraction of sp³-hybridized carbons (Fsp3) is 0.500. The van der Waals surface area contributed by atoms with Gasteiger partial charge in [0.15, 0.2) is 0 Å². The van der Waals surface area contributed by atoms with Crippen LogP contribution in [0.3, 0.4) is 0 Å². The van der Waals surface area contributed by atoms with Crippen molar-refractivity contribution < 1.29 is 23.9 Å². The molecule has 9 nitrogen and oxygen atoms in total. The quantitative estimate of drug-likeness (QED) is 0.411. The molecular weight excluding hydrogens is 520 g/mol. The second kappa shape index (κ2) is 14.1. The minimum atomic E-state index is -0.795. The van der Waals surface area contributed by atoms with E-state index in [0.717, 1.165) is 5.56 Å². The number of carbonyl (C=O) groups excluding carboxylic acids is 4. The molecule has 0 saturated carbocycles. The van der Waals surface area contributed by atoms with Crippen molar-refractivity contribution in [3.8, 4) is 0 Å². The van der Waals surface area contributed by atoms with E-state index in [2.05, 4.69) is 29.8 Å².